The van der Waals surface area contributed by atoms with Gasteiger partial charge in [-0.3, -0.25) is 4.79 Å². The van der Waals surface area contributed by atoms with Crippen LogP contribution in [0.3, 0.4) is 0 Å². The maximum absolute atomic E-state index is 12.0. The van der Waals surface area contributed by atoms with Gasteiger partial charge >= 0.3 is 0 Å². The van der Waals surface area contributed by atoms with E-state index in [1.807, 2.05) is 42.7 Å². The van der Waals surface area contributed by atoms with Crippen molar-refractivity contribution in [2.75, 3.05) is 11.6 Å². The van der Waals surface area contributed by atoms with Crippen molar-refractivity contribution in [3.8, 4) is 0 Å². The van der Waals surface area contributed by atoms with E-state index in [-0.39, 0.29) is 5.91 Å². The summed E-state index contributed by atoms with van der Waals surface area (Å²) >= 11 is 7.64. The molecule has 0 unspecified atom stereocenters. The second kappa shape index (κ2) is 5.35. The van der Waals surface area contributed by atoms with Crippen LogP contribution in [-0.2, 0) is 4.79 Å². The molecule has 0 fully saturated rings. The third-order valence-corrected chi connectivity index (χ3v) is 4.17. The lowest BCUT2D eigenvalue weighted by molar-refractivity contribution is -0.110. The largest absolute Gasteiger partial charge is 0.321 e. The van der Waals surface area contributed by atoms with Gasteiger partial charge < -0.3 is 5.32 Å². The first-order valence-electron chi connectivity index (χ1n) is 6.14. The Morgan fingerprint density at radius 1 is 1.15 bits per heavy atom. The maximum Gasteiger partial charge on any atom is 0.256 e. The Kier molecular flexibility index (Phi) is 3.55. The number of rotatable bonds is 2. The van der Waals surface area contributed by atoms with Crippen LogP contribution in [0.1, 0.15) is 11.1 Å². The summed E-state index contributed by atoms with van der Waals surface area (Å²) in [7, 11) is 0. The molecule has 1 aliphatic rings. The molecule has 100 valence electrons. The minimum absolute atomic E-state index is 0.0868. The van der Waals surface area contributed by atoms with Gasteiger partial charge in [-0.05, 0) is 42.2 Å². The summed E-state index contributed by atoms with van der Waals surface area (Å²) in [6.45, 7) is 0. The highest BCUT2D eigenvalue weighted by molar-refractivity contribution is 7.98. The summed E-state index contributed by atoms with van der Waals surface area (Å²) in [5, 5.41) is 3.46. The third-order valence-electron chi connectivity index (χ3n) is 3.19. The Balaban J connectivity index is 2.01. The molecule has 2 aromatic carbocycles. The molecule has 3 rings (SSSR count). The number of benzene rings is 2. The van der Waals surface area contributed by atoms with E-state index in [0.717, 1.165) is 16.8 Å². The monoisotopic (exact) mass is 301 g/mol. The SMILES string of the molecule is CSc1ccc(/C=C2/C(=O)Nc3cc(Cl)ccc32)cc1. The van der Waals surface area contributed by atoms with E-state index in [2.05, 4.69) is 5.32 Å². The molecule has 1 heterocycles. The molecule has 0 atom stereocenters. The first-order chi connectivity index (χ1) is 9.67. The predicted octanol–water partition coefficient (Wildman–Crippen LogP) is 4.55. The number of halogens is 1. The summed E-state index contributed by atoms with van der Waals surface area (Å²) in [5.41, 5.74) is 3.35. The zero-order valence-corrected chi connectivity index (χ0v) is 12.4. The molecule has 0 aliphatic carbocycles. The van der Waals surface area contributed by atoms with Crippen LogP contribution in [-0.4, -0.2) is 12.2 Å². The molecule has 20 heavy (non-hydrogen) atoms. The molecule has 0 spiro atoms. The second-order valence-corrected chi connectivity index (χ2v) is 5.79. The highest BCUT2D eigenvalue weighted by Crippen LogP contribution is 2.34. The molecule has 0 radical (unpaired) electrons. The van der Waals surface area contributed by atoms with Crippen LogP contribution in [0.15, 0.2) is 47.4 Å². The molecular weight excluding hydrogens is 290 g/mol. The van der Waals surface area contributed by atoms with E-state index in [1.165, 1.54) is 4.90 Å². The predicted molar refractivity (Wildman–Crippen MR) is 86.2 cm³/mol. The number of thioether (sulfide) groups is 1. The van der Waals surface area contributed by atoms with Crippen molar-refractivity contribution in [1.82, 2.24) is 0 Å². The van der Waals surface area contributed by atoms with Gasteiger partial charge in [0.2, 0.25) is 0 Å². The number of nitrogens with one attached hydrogen (secondary N) is 1. The van der Waals surface area contributed by atoms with E-state index in [1.54, 1.807) is 23.9 Å². The molecule has 2 aromatic rings. The smallest absolute Gasteiger partial charge is 0.256 e. The van der Waals surface area contributed by atoms with Gasteiger partial charge in [0.05, 0.1) is 5.69 Å². The normalized spacial score (nSPS) is 15.3. The zero-order chi connectivity index (χ0) is 14.1. The van der Waals surface area contributed by atoms with E-state index in [0.29, 0.717) is 10.6 Å². The lowest BCUT2D eigenvalue weighted by Gasteiger charge is -2.00. The fraction of sp³-hybridized carbons (Fsp3) is 0.0625. The van der Waals surface area contributed by atoms with Gasteiger partial charge in [-0.1, -0.05) is 29.8 Å². The van der Waals surface area contributed by atoms with Crippen molar-refractivity contribution >= 4 is 46.6 Å². The Bertz CT molecular complexity index is 707. The number of hydrogen-bond donors (Lipinski definition) is 1. The first-order valence-corrected chi connectivity index (χ1v) is 7.74. The van der Waals surface area contributed by atoms with Crippen LogP contribution < -0.4 is 5.32 Å². The number of amides is 1. The van der Waals surface area contributed by atoms with Crippen LogP contribution in [0, 0.1) is 0 Å². The van der Waals surface area contributed by atoms with E-state index >= 15 is 0 Å². The quantitative estimate of drug-likeness (QED) is 0.651. The number of fused-ring (bicyclic) bond motifs is 1. The lowest BCUT2D eigenvalue weighted by atomic mass is 10.0. The fourth-order valence-electron chi connectivity index (χ4n) is 2.18. The second-order valence-electron chi connectivity index (χ2n) is 4.48. The fourth-order valence-corrected chi connectivity index (χ4v) is 2.76. The Morgan fingerprint density at radius 2 is 1.90 bits per heavy atom. The van der Waals surface area contributed by atoms with Gasteiger partial charge in [-0.2, -0.15) is 0 Å². The molecule has 1 N–H and O–H groups in total. The van der Waals surface area contributed by atoms with E-state index in [9.17, 15) is 4.79 Å². The number of carbonyl (C=O) groups excluding carboxylic acids is 1. The van der Waals surface area contributed by atoms with Crippen molar-refractivity contribution in [2.45, 2.75) is 4.90 Å². The van der Waals surface area contributed by atoms with Crippen molar-refractivity contribution in [3.05, 3.63) is 58.6 Å². The minimum Gasteiger partial charge on any atom is -0.321 e. The Labute approximate surface area is 126 Å². The molecule has 2 nitrogen and oxygen atoms in total. The van der Waals surface area contributed by atoms with Crippen LogP contribution >= 0.6 is 23.4 Å². The summed E-state index contributed by atoms with van der Waals surface area (Å²) in [6.07, 6.45) is 3.94. The lowest BCUT2D eigenvalue weighted by Crippen LogP contribution is -2.03. The highest BCUT2D eigenvalue weighted by Gasteiger charge is 2.23. The molecule has 1 aliphatic heterocycles. The molecule has 0 bridgehead atoms. The topological polar surface area (TPSA) is 29.1 Å². The standard InChI is InChI=1S/C16H12ClNOS/c1-20-12-5-2-10(3-6-12)8-14-13-7-4-11(17)9-15(13)18-16(14)19/h2-9H,1H3,(H,18,19)/b14-8+. The van der Waals surface area contributed by atoms with Crippen LogP contribution in [0.4, 0.5) is 5.69 Å². The number of carbonyl (C=O) groups is 1. The zero-order valence-electron chi connectivity index (χ0n) is 10.8. The average Bonchev–Trinajstić information content (AvgIpc) is 2.75. The first kappa shape index (κ1) is 13.3. The maximum atomic E-state index is 12.0. The van der Waals surface area contributed by atoms with Crippen molar-refractivity contribution in [1.29, 1.82) is 0 Å². The van der Waals surface area contributed by atoms with Crippen molar-refractivity contribution in [2.24, 2.45) is 0 Å². The van der Waals surface area contributed by atoms with Crippen LogP contribution in [0.25, 0.3) is 11.6 Å². The van der Waals surface area contributed by atoms with Gasteiger partial charge in [0.25, 0.3) is 5.91 Å². The molecule has 0 saturated heterocycles. The van der Waals surface area contributed by atoms with Gasteiger partial charge in [-0.15, -0.1) is 11.8 Å². The van der Waals surface area contributed by atoms with Crippen molar-refractivity contribution < 1.29 is 4.79 Å². The van der Waals surface area contributed by atoms with E-state index < -0.39 is 0 Å². The average molecular weight is 302 g/mol. The highest BCUT2D eigenvalue weighted by atomic mass is 35.5. The number of hydrogen-bond acceptors (Lipinski definition) is 2. The molecule has 0 saturated carbocycles. The summed E-state index contributed by atoms with van der Waals surface area (Å²) in [4.78, 5) is 13.2. The third kappa shape index (κ3) is 2.47. The van der Waals surface area contributed by atoms with Crippen LogP contribution in [0.5, 0.6) is 0 Å². The van der Waals surface area contributed by atoms with Gasteiger partial charge in [0, 0.05) is 21.1 Å². The van der Waals surface area contributed by atoms with Gasteiger partial charge in [0.1, 0.15) is 0 Å². The minimum atomic E-state index is -0.0868. The van der Waals surface area contributed by atoms with Gasteiger partial charge in [0.15, 0.2) is 0 Å². The summed E-state index contributed by atoms with van der Waals surface area (Å²) < 4.78 is 0. The summed E-state index contributed by atoms with van der Waals surface area (Å²) in [5.74, 6) is -0.0868. The van der Waals surface area contributed by atoms with Gasteiger partial charge in [-0.25, -0.2) is 0 Å². The molecule has 4 heteroatoms. The van der Waals surface area contributed by atoms with Crippen LogP contribution in [0.2, 0.25) is 5.02 Å². The Morgan fingerprint density at radius 3 is 2.60 bits per heavy atom. The molecule has 1 amide bonds. The van der Waals surface area contributed by atoms with E-state index in [4.69, 9.17) is 11.6 Å². The number of anilines is 1. The molecular formula is C16H12ClNOS. The summed E-state index contributed by atoms with van der Waals surface area (Å²) in [6, 6.07) is 13.6. The Hall–Kier alpha value is -1.71. The van der Waals surface area contributed by atoms with Crippen molar-refractivity contribution in [3.63, 3.8) is 0 Å². The molecule has 0 aromatic heterocycles.